The second kappa shape index (κ2) is 7.37. The lowest BCUT2D eigenvalue weighted by molar-refractivity contribution is -0.128. The summed E-state index contributed by atoms with van der Waals surface area (Å²) >= 11 is 5.02. The number of rotatable bonds is 4. The van der Waals surface area contributed by atoms with Gasteiger partial charge in [0.1, 0.15) is 11.4 Å². The molecule has 2 saturated heterocycles. The van der Waals surface area contributed by atoms with E-state index in [1.54, 1.807) is 6.07 Å². The molecular formula is C19H20FN3O2S. The quantitative estimate of drug-likeness (QED) is 0.381. The first-order chi connectivity index (χ1) is 12.4. The summed E-state index contributed by atoms with van der Waals surface area (Å²) in [5.41, 5.74) is 1.79. The van der Waals surface area contributed by atoms with Crippen LogP contribution >= 0.6 is 12.2 Å². The normalized spacial score (nSPS) is 19.3. The van der Waals surface area contributed by atoms with Crippen molar-refractivity contribution in [1.29, 1.82) is 0 Å². The first kappa shape index (κ1) is 18.3. The summed E-state index contributed by atoms with van der Waals surface area (Å²) in [6.45, 7) is 7.29. The van der Waals surface area contributed by atoms with Crippen molar-refractivity contribution in [2.75, 3.05) is 24.5 Å². The average molecular weight is 373 g/mol. The summed E-state index contributed by atoms with van der Waals surface area (Å²) in [5, 5.41) is 2.53. The van der Waals surface area contributed by atoms with Gasteiger partial charge < -0.3 is 4.90 Å². The van der Waals surface area contributed by atoms with Crippen LogP contribution in [0.3, 0.4) is 0 Å². The molecule has 5 nitrogen and oxygen atoms in total. The minimum absolute atomic E-state index is 0.0457. The van der Waals surface area contributed by atoms with Crippen LogP contribution in [0.25, 0.3) is 6.08 Å². The first-order valence-corrected chi connectivity index (χ1v) is 8.88. The number of carbonyl (C=O) groups excluding carboxylic acids is 2. The summed E-state index contributed by atoms with van der Waals surface area (Å²) in [6, 6.07) is 3.14. The second-order valence-corrected chi connectivity index (χ2v) is 6.76. The molecule has 26 heavy (non-hydrogen) atoms. The molecule has 0 spiro atoms. The predicted octanol–water partition coefficient (Wildman–Crippen LogP) is 2.55. The summed E-state index contributed by atoms with van der Waals surface area (Å²) in [6.07, 6.45) is 5.05. The minimum atomic E-state index is -0.580. The van der Waals surface area contributed by atoms with E-state index < -0.39 is 11.8 Å². The second-order valence-electron chi connectivity index (χ2n) is 6.38. The Hall–Kier alpha value is -2.54. The van der Waals surface area contributed by atoms with E-state index in [2.05, 4.69) is 11.9 Å². The molecule has 0 atom stereocenters. The molecule has 1 aromatic carbocycles. The number of thiocarbonyl (C=S) groups is 1. The first-order valence-electron chi connectivity index (χ1n) is 8.47. The number of amides is 2. The fraction of sp³-hybridized carbons (Fsp3) is 0.316. The summed E-state index contributed by atoms with van der Waals surface area (Å²) in [5.74, 6) is -1.45. The number of benzene rings is 1. The lowest BCUT2D eigenvalue weighted by Gasteiger charge is -2.28. The third-order valence-corrected chi connectivity index (χ3v) is 4.90. The number of hydrogen-bond acceptors (Lipinski definition) is 4. The average Bonchev–Trinajstić information content (AvgIpc) is 3.12. The molecule has 0 radical (unpaired) electrons. The standard InChI is InChI=1S/C19H20FN3O2S/c1-3-6-23-18(25)14(17(24)21-19(23)26)10-13-11-15(20)16(9-12(13)2)22-7-4-5-8-22/h3,9-11H,1,4-8H2,2H3,(H,21,24,26)/b14-10-. The van der Waals surface area contributed by atoms with Crippen molar-refractivity contribution >= 4 is 40.9 Å². The summed E-state index contributed by atoms with van der Waals surface area (Å²) < 4.78 is 14.6. The van der Waals surface area contributed by atoms with Gasteiger partial charge in [-0.25, -0.2) is 4.39 Å². The van der Waals surface area contributed by atoms with Crippen molar-refractivity contribution in [3.63, 3.8) is 0 Å². The van der Waals surface area contributed by atoms with Gasteiger partial charge in [0.05, 0.1) is 5.69 Å². The van der Waals surface area contributed by atoms with E-state index in [-0.39, 0.29) is 23.0 Å². The Morgan fingerprint density at radius 1 is 1.31 bits per heavy atom. The summed E-state index contributed by atoms with van der Waals surface area (Å²) in [7, 11) is 0. The topological polar surface area (TPSA) is 52.7 Å². The van der Waals surface area contributed by atoms with Crippen molar-refractivity contribution in [1.82, 2.24) is 10.2 Å². The lowest BCUT2D eigenvalue weighted by atomic mass is 10.0. The Morgan fingerprint density at radius 3 is 2.65 bits per heavy atom. The third-order valence-electron chi connectivity index (χ3n) is 4.58. The molecule has 136 valence electrons. The van der Waals surface area contributed by atoms with Gasteiger partial charge in [-0.3, -0.25) is 19.8 Å². The molecule has 3 rings (SSSR count). The number of hydrogen-bond donors (Lipinski definition) is 1. The molecule has 2 aliphatic rings. The van der Waals surface area contributed by atoms with E-state index in [1.165, 1.54) is 23.1 Å². The Morgan fingerprint density at radius 2 is 2.00 bits per heavy atom. The van der Waals surface area contributed by atoms with Crippen LogP contribution < -0.4 is 10.2 Å². The van der Waals surface area contributed by atoms with Crippen molar-refractivity contribution < 1.29 is 14.0 Å². The molecule has 2 aliphatic heterocycles. The monoisotopic (exact) mass is 373 g/mol. The van der Waals surface area contributed by atoms with E-state index in [9.17, 15) is 14.0 Å². The molecule has 0 unspecified atom stereocenters. The zero-order valence-corrected chi connectivity index (χ0v) is 15.4. The van der Waals surface area contributed by atoms with Gasteiger partial charge in [0.25, 0.3) is 11.8 Å². The molecule has 2 heterocycles. The van der Waals surface area contributed by atoms with Gasteiger partial charge in [-0.15, -0.1) is 6.58 Å². The number of carbonyl (C=O) groups is 2. The molecule has 2 fully saturated rings. The van der Waals surface area contributed by atoms with Crippen LogP contribution in [0.4, 0.5) is 10.1 Å². The summed E-state index contributed by atoms with van der Waals surface area (Å²) in [4.78, 5) is 28.0. The molecular weight excluding hydrogens is 353 g/mol. The van der Waals surface area contributed by atoms with Crippen molar-refractivity contribution in [2.45, 2.75) is 19.8 Å². The van der Waals surface area contributed by atoms with Gasteiger partial charge in [-0.1, -0.05) is 6.08 Å². The Labute approximate surface area is 157 Å². The van der Waals surface area contributed by atoms with Gasteiger partial charge >= 0.3 is 0 Å². The van der Waals surface area contributed by atoms with Crippen LogP contribution in [0.5, 0.6) is 0 Å². The third kappa shape index (κ3) is 3.39. The highest BCUT2D eigenvalue weighted by Gasteiger charge is 2.32. The lowest BCUT2D eigenvalue weighted by Crippen LogP contribution is -2.53. The maximum Gasteiger partial charge on any atom is 0.265 e. The van der Waals surface area contributed by atoms with Gasteiger partial charge in [0, 0.05) is 19.6 Å². The Kier molecular flexibility index (Phi) is 5.18. The highest BCUT2D eigenvalue weighted by Crippen LogP contribution is 2.28. The molecule has 0 aliphatic carbocycles. The van der Waals surface area contributed by atoms with Crippen molar-refractivity contribution in [2.24, 2.45) is 0 Å². The van der Waals surface area contributed by atoms with Crippen LogP contribution in [0.1, 0.15) is 24.0 Å². The van der Waals surface area contributed by atoms with Gasteiger partial charge in [0.15, 0.2) is 5.11 Å². The Balaban J connectivity index is 1.96. The predicted molar refractivity (Wildman–Crippen MR) is 103 cm³/mol. The minimum Gasteiger partial charge on any atom is -0.369 e. The van der Waals surface area contributed by atoms with Crippen LogP contribution in [0.2, 0.25) is 0 Å². The van der Waals surface area contributed by atoms with E-state index in [0.29, 0.717) is 11.3 Å². The highest BCUT2D eigenvalue weighted by atomic mass is 32.1. The van der Waals surface area contributed by atoms with Crippen molar-refractivity contribution in [3.05, 3.63) is 47.3 Å². The maximum atomic E-state index is 14.6. The van der Waals surface area contributed by atoms with E-state index >= 15 is 0 Å². The highest BCUT2D eigenvalue weighted by molar-refractivity contribution is 7.80. The zero-order chi connectivity index (χ0) is 18.8. The van der Waals surface area contributed by atoms with Crippen LogP contribution in [0, 0.1) is 12.7 Å². The molecule has 0 bridgehead atoms. The smallest absolute Gasteiger partial charge is 0.265 e. The van der Waals surface area contributed by atoms with Gasteiger partial charge in [0.2, 0.25) is 0 Å². The van der Waals surface area contributed by atoms with E-state index in [1.807, 2.05) is 11.8 Å². The largest absolute Gasteiger partial charge is 0.369 e. The number of nitrogens with zero attached hydrogens (tertiary/aromatic N) is 2. The van der Waals surface area contributed by atoms with Crippen LogP contribution in [-0.4, -0.2) is 41.5 Å². The fourth-order valence-electron chi connectivity index (χ4n) is 3.18. The SMILES string of the molecule is C=CCN1C(=O)/C(=C\c2cc(F)c(N3CCCC3)cc2C)C(=O)NC1=S. The van der Waals surface area contributed by atoms with Crippen LogP contribution in [-0.2, 0) is 9.59 Å². The molecule has 1 N–H and O–H groups in total. The van der Waals surface area contributed by atoms with Crippen LogP contribution in [0.15, 0.2) is 30.4 Å². The van der Waals surface area contributed by atoms with E-state index in [4.69, 9.17) is 12.2 Å². The number of nitrogens with one attached hydrogen (secondary N) is 1. The van der Waals surface area contributed by atoms with Gasteiger partial charge in [-0.2, -0.15) is 0 Å². The molecule has 7 heteroatoms. The number of aryl methyl sites for hydroxylation is 1. The van der Waals surface area contributed by atoms with Crippen molar-refractivity contribution in [3.8, 4) is 0 Å². The molecule has 0 aromatic heterocycles. The molecule has 2 amide bonds. The number of halogens is 1. The maximum absolute atomic E-state index is 14.6. The zero-order valence-electron chi connectivity index (χ0n) is 14.5. The number of anilines is 1. The molecule has 0 saturated carbocycles. The van der Waals surface area contributed by atoms with E-state index in [0.717, 1.165) is 31.5 Å². The van der Waals surface area contributed by atoms with Gasteiger partial charge in [-0.05, 0) is 61.3 Å². The fourth-order valence-corrected chi connectivity index (χ4v) is 3.43. The molecule has 1 aromatic rings. The Bertz CT molecular complexity index is 828.